The van der Waals surface area contributed by atoms with Crippen LogP contribution in [0.1, 0.15) is 13.8 Å². The van der Waals surface area contributed by atoms with Crippen molar-refractivity contribution < 1.29 is 18.3 Å². The van der Waals surface area contributed by atoms with Crippen molar-refractivity contribution in [2.45, 2.75) is 30.9 Å². The van der Waals surface area contributed by atoms with E-state index in [0.717, 1.165) is 5.69 Å². The van der Waals surface area contributed by atoms with Crippen LogP contribution in [0.25, 0.3) is 0 Å². The van der Waals surface area contributed by atoms with Crippen molar-refractivity contribution in [3.63, 3.8) is 0 Å². The number of ether oxygens (including phenoxy) is 1. The fourth-order valence-electron chi connectivity index (χ4n) is 2.38. The van der Waals surface area contributed by atoms with Crippen molar-refractivity contribution in [3.8, 4) is 0 Å². The average Bonchev–Trinajstić information content (AvgIpc) is 2.48. The van der Waals surface area contributed by atoms with Gasteiger partial charge in [-0.25, -0.2) is 13.1 Å². The number of morpholine rings is 1. The highest BCUT2D eigenvalue weighted by Gasteiger charge is 2.26. The van der Waals surface area contributed by atoms with Gasteiger partial charge in [0.15, 0.2) is 0 Å². The first-order valence-electron chi connectivity index (χ1n) is 7.06. The van der Waals surface area contributed by atoms with Gasteiger partial charge in [0, 0.05) is 24.8 Å². The number of sulfonamides is 1. The number of aliphatic hydroxyl groups is 1. The number of benzene rings is 1. The van der Waals surface area contributed by atoms with Crippen molar-refractivity contribution in [1.29, 1.82) is 0 Å². The number of hydrogen-bond donors (Lipinski definition) is 2. The predicted molar refractivity (Wildman–Crippen MR) is 80.9 cm³/mol. The average molecular weight is 314 g/mol. The summed E-state index contributed by atoms with van der Waals surface area (Å²) in [4.78, 5) is 2.38. The van der Waals surface area contributed by atoms with E-state index >= 15 is 0 Å². The van der Waals surface area contributed by atoms with E-state index in [2.05, 4.69) is 9.62 Å². The van der Waals surface area contributed by atoms with Gasteiger partial charge in [0.1, 0.15) is 0 Å². The van der Waals surface area contributed by atoms with E-state index in [1.165, 1.54) is 0 Å². The van der Waals surface area contributed by atoms with Gasteiger partial charge in [-0.1, -0.05) is 6.92 Å². The third kappa shape index (κ3) is 3.74. The van der Waals surface area contributed by atoms with E-state index in [-0.39, 0.29) is 23.6 Å². The van der Waals surface area contributed by atoms with Crippen LogP contribution in [0.15, 0.2) is 29.2 Å². The van der Waals surface area contributed by atoms with Crippen LogP contribution in [0, 0.1) is 0 Å². The molecule has 21 heavy (non-hydrogen) atoms. The molecule has 0 bridgehead atoms. The summed E-state index contributed by atoms with van der Waals surface area (Å²) < 4.78 is 31.8. The fraction of sp³-hybridized carbons (Fsp3) is 0.571. The van der Waals surface area contributed by atoms with E-state index in [4.69, 9.17) is 4.74 Å². The first-order valence-corrected chi connectivity index (χ1v) is 8.55. The van der Waals surface area contributed by atoms with Gasteiger partial charge in [0.05, 0.1) is 24.2 Å². The van der Waals surface area contributed by atoms with E-state index in [1.54, 1.807) is 31.2 Å². The molecule has 0 aliphatic carbocycles. The molecule has 0 spiro atoms. The van der Waals surface area contributed by atoms with E-state index in [0.29, 0.717) is 19.7 Å². The Balaban J connectivity index is 2.18. The highest BCUT2D eigenvalue weighted by atomic mass is 32.2. The smallest absolute Gasteiger partial charge is 0.240 e. The molecule has 7 heteroatoms. The van der Waals surface area contributed by atoms with Crippen molar-refractivity contribution in [1.82, 2.24) is 4.72 Å². The van der Waals surface area contributed by atoms with Gasteiger partial charge in [0.2, 0.25) is 10.0 Å². The predicted octanol–water partition coefficient (Wildman–Crippen LogP) is 0.571. The molecule has 1 aromatic rings. The van der Waals surface area contributed by atoms with Crippen LogP contribution in [0.3, 0.4) is 0 Å². The summed E-state index contributed by atoms with van der Waals surface area (Å²) in [5, 5.41) is 9.21. The third-order valence-corrected chi connectivity index (χ3v) is 5.08. The van der Waals surface area contributed by atoms with Crippen molar-refractivity contribution in [3.05, 3.63) is 24.3 Å². The summed E-state index contributed by atoms with van der Waals surface area (Å²) in [5.74, 6) is 0. The Morgan fingerprint density at radius 2 is 2.05 bits per heavy atom. The minimum Gasteiger partial charge on any atom is -0.394 e. The molecule has 1 saturated heterocycles. The molecule has 6 nitrogen and oxygen atoms in total. The Bertz CT molecular complexity index is 559. The lowest BCUT2D eigenvalue weighted by molar-refractivity contribution is -0.0103. The van der Waals surface area contributed by atoms with Gasteiger partial charge < -0.3 is 14.7 Å². The molecule has 1 aromatic carbocycles. The summed E-state index contributed by atoms with van der Waals surface area (Å²) in [6.07, 6.45) is -0.202. The molecule has 0 saturated carbocycles. The Morgan fingerprint density at radius 3 is 2.62 bits per heavy atom. The molecule has 0 amide bonds. The maximum absolute atomic E-state index is 11.9. The lowest BCUT2D eigenvalue weighted by atomic mass is 10.1. The lowest BCUT2D eigenvalue weighted by Crippen LogP contribution is -2.49. The number of nitrogens with one attached hydrogen (secondary N) is 1. The second kappa shape index (κ2) is 6.74. The van der Waals surface area contributed by atoms with Crippen LogP contribution >= 0.6 is 0 Å². The fourth-order valence-corrected chi connectivity index (χ4v) is 3.42. The molecule has 2 unspecified atom stereocenters. The normalized spacial score (nSPS) is 23.3. The van der Waals surface area contributed by atoms with Gasteiger partial charge in [-0.15, -0.1) is 0 Å². The number of nitrogens with zero attached hydrogens (tertiary/aromatic N) is 1. The second-order valence-corrected chi connectivity index (χ2v) is 6.90. The van der Waals surface area contributed by atoms with Crippen molar-refractivity contribution in [2.75, 3.05) is 31.2 Å². The highest BCUT2D eigenvalue weighted by Crippen LogP contribution is 2.23. The Hall–Kier alpha value is -1.15. The zero-order valence-electron chi connectivity index (χ0n) is 12.3. The zero-order chi connectivity index (χ0) is 15.5. The topological polar surface area (TPSA) is 78.9 Å². The number of rotatable bonds is 5. The second-order valence-electron chi connectivity index (χ2n) is 5.13. The maximum atomic E-state index is 11.9. The Labute approximate surface area is 125 Å². The van der Waals surface area contributed by atoms with Crippen LogP contribution in [-0.2, 0) is 14.8 Å². The SMILES string of the molecule is CCNS(=O)(=O)c1ccc(N2CC(CO)OCC2C)cc1. The van der Waals surface area contributed by atoms with Crippen LogP contribution in [0.2, 0.25) is 0 Å². The number of aliphatic hydroxyl groups excluding tert-OH is 1. The monoisotopic (exact) mass is 314 g/mol. The summed E-state index contributed by atoms with van der Waals surface area (Å²) in [6, 6.07) is 6.97. The van der Waals surface area contributed by atoms with Gasteiger partial charge in [-0.05, 0) is 31.2 Å². The van der Waals surface area contributed by atoms with Crippen LogP contribution < -0.4 is 9.62 Å². The van der Waals surface area contributed by atoms with Gasteiger partial charge in [-0.3, -0.25) is 0 Å². The Morgan fingerprint density at radius 1 is 1.38 bits per heavy atom. The molecule has 1 fully saturated rings. The molecule has 0 radical (unpaired) electrons. The maximum Gasteiger partial charge on any atom is 0.240 e. The molecular formula is C14H22N2O4S. The molecule has 2 rings (SSSR count). The van der Waals surface area contributed by atoms with Crippen LogP contribution in [0.4, 0.5) is 5.69 Å². The molecule has 118 valence electrons. The first kappa shape index (κ1) is 16.2. The molecule has 2 atom stereocenters. The van der Waals surface area contributed by atoms with Crippen molar-refractivity contribution in [2.24, 2.45) is 0 Å². The summed E-state index contributed by atoms with van der Waals surface area (Å²) in [7, 11) is -3.42. The number of anilines is 1. The van der Waals surface area contributed by atoms with E-state index in [9.17, 15) is 13.5 Å². The molecule has 2 N–H and O–H groups in total. The standard InChI is InChI=1S/C14H22N2O4S/c1-3-15-21(18,19)14-6-4-12(5-7-14)16-8-13(9-17)20-10-11(16)2/h4-7,11,13,15,17H,3,8-10H2,1-2H3. The molecular weight excluding hydrogens is 292 g/mol. The Kier molecular flexibility index (Phi) is 5.21. The lowest BCUT2D eigenvalue weighted by Gasteiger charge is -2.39. The molecule has 0 aromatic heterocycles. The van der Waals surface area contributed by atoms with E-state index in [1.807, 2.05) is 6.92 Å². The van der Waals surface area contributed by atoms with Gasteiger partial charge >= 0.3 is 0 Å². The summed E-state index contributed by atoms with van der Waals surface area (Å²) in [6.45, 7) is 5.27. The largest absolute Gasteiger partial charge is 0.394 e. The van der Waals surface area contributed by atoms with Gasteiger partial charge in [-0.2, -0.15) is 0 Å². The molecule has 1 aliphatic rings. The third-order valence-electron chi connectivity index (χ3n) is 3.52. The molecule has 1 aliphatic heterocycles. The van der Waals surface area contributed by atoms with Gasteiger partial charge in [0.25, 0.3) is 0 Å². The van der Waals surface area contributed by atoms with Crippen LogP contribution in [0.5, 0.6) is 0 Å². The quantitative estimate of drug-likeness (QED) is 0.831. The molecule has 1 heterocycles. The minimum absolute atomic E-state index is 0.0178. The minimum atomic E-state index is -3.42. The number of hydrogen-bond acceptors (Lipinski definition) is 5. The summed E-state index contributed by atoms with van der Waals surface area (Å²) >= 11 is 0. The first-order chi connectivity index (χ1) is 9.97. The van der Waals surface area contributed by atoms with Crippen LogP contribution in [-0.4, -0.2) is 52.0 Å². The van der Waals surface area contributed by atoms with Crippen molar-refractivity contribution >= 4 is 15.7 Å². The van der Waals surface area contributed by atoms with E-state index < -0.39 is 10.0 Å². The summed E-state index contributed by atoms with van der Waals surface area (Å²) in [5.41, 5.74) is 0.930. The highest BCUT2D eigenvalue weighted by molar-refractivity contribution is 7.89. The zero-order valence-corrected chi connectivity index (χ0v) is 13.1.